The van der Waals surface area contributed by atoms with Crippen LogP contribution in [0, 0.1) is 5.82 Å². The smallest absolute Gasteiger partial charge is 0.194 e. The summed E-state index contributed by atoms with van der Waals surface area (Å²) in [6.45, 7) is 2.12. The number of methoxy groups -OCH3 is 1. The van der Waals surface area contributed by atoms with Crippen LogP contribution in [0.2, 0.25) is 0 Å². The number of aromatic hydroxyl groups is 1. The van der Waals surface area contributed by atoms with Gasteiger partial charge in [0.25, 0.3) is 0 Å². The molecule has 1 aromatic carbocycles. The van der Waals surface area contributed by atoms with Crippen LogP contribution in [0.1, 0.15) is 19.3 Å². The lowest BCUT2D eigenvalue weighted by atomic mass is 10.1. The molecule has 0 amide bonds. The predicted molar refractivity (Wildman–Crippen MR) is 105 cm³/mol. The van der Waals surface area contributed by atoms with E-state index < -0.39 is 11.6 Å². The first-order chi connectivity index (χ1) is 13.2. The summed E-state index contributed by atoms with van der Waals surface area (Å²) in [7, 11) is 1.39. The number of ether oxygens (including phenoxy) is 1. The van der Waals surface area contributed by atoms with Crippen LogP contribution in [0.5, 0.6) is 11.5 Å². The van der Waals surface area contributed by atoms with Gasteiger partial charge in [-0.15, -0.1) is 11.3 Å². The number of phenols is 1. The van der Waals surface area contributed by atoms with Gasteiger partial charge in [0.1, 0.15) is 10.8 Å². The molecule has 0 radical (unpaired) electrons. The third kappa shape index (κ3) is 3.60. The van der Waals surface area contributed by atoms with E-state index in [0.717, 1.165) is 34.4 Å². The summed E-state index contributed by atoms with van der Waals surface area (Å²) in [5, 5.41) is 10.5. The van der Waals surface area contributed by atoms with Crippen molar-refractivity contribution in [2.24, 2.45) is 0 Å². The minimum absolute atomic E-state index is 0.104. The van der Waals surface area contributed by atoms with Crippen molar-refractivity contribution in [3.05, 3.63) is 42.5 Å². The molecular formula is C20H20FN3O2S. The summed E-state index contributed by atoms with van der Waals surface area (Å²) in [5.41, 5.74) is 1.54. The minimum atomic E-state index is -0.716. The second-order valence-corrected chi connectivity index (χ2v) is 7.52. The van der Waals surface area contributed by atoms with Crippen LogP contribution in [-0.4, -0.2) is 35.3 Å². The Balaban J connectivity index is 1.58. The number of pyridine rings is 1. The fraction of sp³-hybridized carbons (Fsp3) is 0.300. The van der Waals surface area contributed by atoms with Gasteiger partial charge in [0.05, 0.1) is 12.0 Å². The molecule has 1 saturated heterocycles. The van der Waals surface area contributed by atoms with Gasteiger partial charge in [-0.2, -0.15) is 0 Å². The van der Waals surface area contributed by atoms with Crippen LogP contribution in [0.25, 0.3) is 21.0 Å². The number of rotatable bonds is 4. The number of hydrogen-bond acceptors (Lipinski definition) is 6. The van der Waals surface area contributed by atoms with Crippen molar-refractivity contribution in [2.75, 3.05) is 25.1 Å². The highest BCUT2D eigenvalue weighted by Crippen LogP contribution is 2.38. The number of hydrogen-bond donors (Lipinski definition) is 1. The number of anilines is 1. The highest BCUT2D eigenvalue weighted by molar-refractivity contribution is 7.18. The summed E-state index contributed by atoms with van der Waals surface area (Å²) in [4.78, 5) is 12.2. The Labute approximate surface area is 161 Å². The second-order valence-electron chi connectivity index (χ2n) is 6.49. The molecule has 1 aliphatic heterocycles. The van der Waals surface area contributed by atoms with E-state index in [4.69, 9.17) is 4.74 Å². The molecule has 1 aliphatic rings. The zero-order valence-corrected chi connectivity index (χ0v) is 15.8. The van der Waals surface area contributed by atoms with E-state index in [2.05, 4.69) is 14.9 Å². The van der Waals surface area contributed by atoms with Crippen molar-refractivity contribution in [1.29, 1.82) is 0 Å². The number of nitrogens with zero attached hydrogens (tertiary/aromatic N) is 3. The highest BCUT2D eigenvalue weighted by atomic mass is 32.1. The summed E-state index contributed by atoms with van der Waals surface area (Å²) >= 11 is 1.45. The molecule has 1 fully saturated rings. The minimum Gasteiger partial charge on any atom is -0.502 e. The zero-order chi connectivity index (χ0) is 18.8. The maximum atomic E-state index is 13.9. The van der Waals surface area contributed by atoms with Gasteiger partial charge < -0.3 is 14.7 Å². The van der Waals surface area contributed by atoms with Crippen LogP contribution >= 0.6 is 11.3 Å². The normalized spacial score (nSPS) is 14.4. The quantitative estimate of drug-likeness (QED) is 0.704. The van der Waals surface area contributed by atoms with E-state index >= 15 is 0 Å². The largest absolute Gasteiger partial charge is 0.502 e. The van der Waals surface area contributed by atoms with Gasteiger partial charge in [0, 0.05) is 36.6 Å². The van der Waals surface area contributed by atoms with Crippen LogP contribution in [-0.2, 0) is 0 Å². The van der Waals surface area contributed by atoms with Gasteiger partial charge in [-0.3, -0.25) is 0 Å². The lowest BCUT2D eigenvalue weighted by Crippen LogP contribution is -2.29. The molecule has 5 nitrogen and oxygen atoms in total. The maximum absolute atomic E-state index is 13.9. The van der Waals surface area contributed by atoms with Crippen LogP contribution in [0.3, 0.4) is 0 Å². The zero-order valence-electron chi connectivity index (χ0n) is 15.0. The molecule has 0 spiro atoms. The number of phenolic OH excluding ortho intramolecular Hbond substituents is 1. The van der Waals surface area contributed by atoms with E-state index in [0.29, 0.717) is 5.56 Å². The molecule has 140 valence electrons. The third-order valence-electron chi connectivity index (χ3n) is 4.71. The Morgan fingerprint density at radius 3 is 2.59 bits per heavy atom. The SMILES string of the molecule is COc1cc(-c2cnc(-c3ccc(N4CCCCC4)nc3)s2)cc(F)c1O. The summed E-state index contributed by atoms with van der Waals surface area (Å²) in [6.07, 6.45) is 7.26. The summed E-state index contributed by atoms with van der Waals surface area (Å²) < 4.78 is 18.9. The van der Waals surface area contributed by atoms with Crippen molar-refractivity contribution in [3.8, 4) is 32.5 Å². The molecule has 7 heteroatoms. The molecule has 27 heavy (non-hydrogen) atoms. The Morgan fingerprint density at radius 1 is 1.07 bits per heavy atom. The number of thiazole rings is 1. The molecule has 4 rings (SSSR count). The Morgan fingerprint density at radius 2 is 1.89 bits per heavy atom. The topological polar surface area (TPSA) is 58.5 Å². The van der Waals surface area contributed by atoms with Gasteiger partial charge in [-0.05, 0) is 43.5 Å². The molecule has 1 N–H and O–H groups in total. The molecule has 0 aliphatic carbocycles. The second kappa shape index (κ2) is 7.52. The van der Waals surface area contributed by atoms with Crippen molar-refractivity contribution >= 4 is 17.2 Å². The fourth-order valence-electron chi connectivity index (χ4n) is 3.24. The molecule has 2 aromatic heterocycles. The van der Waals surface area contributed by atoms with Gasteiger partial charge in [-0.25, -0.2) is 14.4 Å². The molecule has 0 saturated carbocycles. The molecule has 3 aromatic rings. The fourth-order valence-corrected chi connectivity index (χ4v) is 4.13. The highest BCUT2D eigenvalue weighted by Gasteiger charge is 2.15. The average molecular weight is 385 g/mol. The lowest BCUT2D eigenvalue weighted by Gasteiger charge is -2.27. The predicted octanol–water partition coefficient (Wildman–Crippen LogP) is 4.72. The number of piperidine rings is 1. The Bertz CT molecular complexity index is 937. The average Bonchev–Trinajstić information content (AvgIpc) is 3.21. The standard InChI is InChI=1S/C20H20FN3O2S/c1-26-16-10-14(9-15(21)19(16)25)17-12-23-20(27-17)13-5-6-18(22-11-13)24-7-3-2-4-8-24/h5-6,9-12,25H,2-4,7-8H2,1H3. The van der Waals surface area contributed by atoms with Gasteiger partial charge in [0.2, 0.25) is 0 Å². The first-order valence-corrected chi connectivity index (χ1v) is 9.71. The monoisotopic (exact) mass is 385 g/mol. The van der Waals surface area contributed by atoms with E-state index in [-0.39, 0.29) is 5.75 Å². The van der Waals surface area contributed by atoms with E-state index in [1.807, 2.05) is 18.3 Å². The van der Waals surface area contributed by atoms with E-state index in [1.165, 1.54) is 43.8 Å². The first kappa shape index (κ1) is 17.7. The maximum Gasteiger partial charge on any atom is 0.194 e. The summed E-state index contributed by atoms with van der Waals surface area (Å²) in [6, 6.07) is 6.95. The molecule has 0 atom stereocenters. The van der Waals surface area contributed by atoms with E-state index in [9.17, 15) is 9.50 Å². The Kier molecular flexibility index (Phi) is 4.94. The van der Waals surface area contributed by atoms with Crippen molar-refractivity contribution in [3.63, 3.8) is 0 Å². The lowest BCUT2D eigenvalue weighted by molar-refractivity contribution is 0.357. The number of halogens is 1. The van der Waals surface area contributed by atoms with Gasteiger partial charge >= 0.3 is 0 Å². The van der Waals surface area contributed by atoms with Crippen molar-refractivity contribution in [1.82, 2.24) is 9.97 Å². The molecule has 0 unspecified atom stereocenters. The third-order valence-corrected chi connectivity index (χ3v) is 5.81. The van der Waals surface area contributed by atoms with Crippen LogP contribution in [0.15, 0.2) is 36.7 Å². The molecular weight excluding hydrogens is 365 g/mol. The number of aromatic nitrogens is 2. The molecule has 3 heterocycles. The number of benzene rings is 1. The Hall–Kier alpha value is -2.67. The first-order valence-electron chi connectivity index (χ1n) is 8.90. The summed E-state index contributed by atoms with van der Waals surface area (Å²) in [5.74, 6) is -0.0941. The van der Waals surface area contributed by atoms with Gasteiger partial charge in [-0.1, -0.05) is 0 Å². The van der Waals surface area contributed by atoms with Gasteiger partial charge in [0.15, 0.2) is 17.3 Å². The van der Waals surface area contributed by atoms with Crippen molar-refractivity contribution < 1.29 is 14.2 Å². The van der Waals surface area contributed by atoms with Crippen LogP contribution < -0.4 is 9.64 Å². The van der Waals surface area contributed by atoms with Crippen LogP contribution in [0.4, 0.5) is 10.2 Å². The van der Waals surface area contributed by atoms with E-state index in [1.54, 1.807) is 12.3 Å². The van der Waals surface area contributed by atoms with Crippen molar-refractivity contribution in [2.45, 2.75) is 19.3 Å². The molecule has 0 bridgehead atoms.